The van der Waals surface area contributed by atoms with Crippen LogP contribution in [0.5, 0.6) is 0 Å². The lowest BCUT2D eigenvalue weighted by Gasteiger charge is -2.07. The van der Waals surface area contributed by atoms with Crippen molar-refractivity contribution in [1.29, 1.82) is 5.26 Å². The highest BCUT2D eigenvalue weighted by molar-refractivity contribution is 6.55. The summed E-state index contributed by atoms with van der Waals surface area (Å²) < 4.78 is 0. The molecule has 4 heteroatoms. The standard InChI is InChI=1S/C15H8Cl3N/c16-13-8-4-7-11(15(13)18)14(17)12(9-19)10-5-2-1-3-6-10/h1-8H. The summed E-state index contributed by atoms with van der Waals surface area (Å²) in [6, 6.07) is 16.5. The van der Waals surface area contributed by atoms with Crippen molar-refractivity contribution in [3.8, 4) is 6.07 Å². The zero-order valence-corrected chi connectivity index (χ0v) is 12.0. The number of benzene rings is 2. The van der Waals surface area contributed by atoms with Crippen LogP contribution in [0.1, 0.15) is 11.1 Å². The molecule has 0 bridgehead atoms. The van der Waals surface area contributed by atoms with Crippen molar-refractivity contribution in [2.75, 3.05) is 0 Å². The third-order valence-corrected chi connectivity index (χ3v) is 3.79. The average molecular weight is 309 g/mol. The van der Waals surface area contributed by atoms with Crippen LogP contribution in [0.2, 0.25) is 10.0 Å². The van der Waals surface area contributed by atoms with Crippen molar-refractivity contribution in [2.24, 2.45) is 0 Å². The summed E-state index contributed by atoms with van der Waals surface area (Å²) in [6.45, 7) is 0. The lowest BCUT2D eigenvalue weighted by molar-refractivity contribution is 1.52. The van der Waals surface area contributed by atoms with Gasteiger partial charge in [-0.3, -0.25) is 0 Å². The molecule has 1 nitrogen and oxygen atoms in total. The molecule has 0 aliphatic heterocycles. The summed E-state index contributed by atoms with van der Waals surface area (Å²) in [5.41, 5.74) is 1.66. The molecule has 0 spiro atoms. The Labute approximate surface area is 126 Å². The van der Waals surface area contributed by atoms with Crippen LogP contribution < -0.4 is 0 Å². The molecule has 0 heterocycles. The summed E-state index contributed by atoms with van der Waals surface area (Å²) in [6.07, 6.45) is 0. The fourth-order valence-electron chi connectivity index (χ4n) is 1.65. The molecule has 0 aliphatic rings. The van der Waals surface area contributed by atoms with Gasteiger partial charge in [0, 0.05) is 5.56 Å². The molecule has 2 rings (SSSR count). The first-order valence-corrected chi connectivity index (χ1v) is 6.58. The summed E-state index contributed by atoms with van der Waals surface area (Å²) in [5.74, 6) is 0. The first-order valence-electron chi connectivity index (χ1n) is 5.45. The second kappa shape index (κ2) is 6.12. The Bertz CT molecular complexity index is 670. The molecule has 0 N–H and O–H groups in total. The second-order valence-electron chi connectivity index (χ2n) is 3.77. The normalized spacial score (nSPS) is 11.7. The number of hydrogen-bond acceptors (Lipinski definition) is 1. The highest BCUT2D eigenvalue weighted by Crippen LogP contribution is 2.36. The maximum absolute atomic E-state index is 9.30. The molecule has 0 unspecified atom stereocenters. The van der Waals surface area contributed by atoms with Crippen molar-refractivity contribution in [2.45, 2.75) is 0 Å². The number of nitriles is 1. The Morgan fingerprint density at radius 1 is 0.947 bits per heavy atom. The Hall–Kier alpha value is -1.46. The molecule has 0 saturated carbocycles. The van der Waals surface area contributed by atoms with Crippen molar-refractivity contribution < 1.29 is 0 Å². The molecule has 2 aromatic carbocycles. The van der Waals surface area contributed by atoms with E-state index in [9.17, 15) is 5.26 Å². The Morgan fingerprint density at radius 3 is 2.26 bits per heavy atom. The average Bonchev–Trinajstić information content (AvgIpc) is 2.44. The van der Waals surface area contributed by atoms with E-state index in [2.05, 4.69) is 6.07 Å². The highest BCUT2D eigenvalue weighted by Gasteiger charge is 2.13. The van der Waals surface area contributed by atoms with Gasteiger partial charge in [0.2, 0.25) is 0 Å². The minimum atomic E-state index is 0.293. The first kappa shape index (κ1) is 14.0. The number of halogens is 3. The van der Waals surface area contributed by atoms with E-state index in [1.807, 2.05) is 30.3 Å². The zero-order chi connectivity index (χ0) is 13.8. The van der Waals surface area contributed by atoms with Crippen LogP contribution in [-0.2, 0) is 0 Å². The molecule has 0 aliphatic carbocycles. The van der Waals surface area contributed by atoms with E-state index in [1.54, 1.807) is 18.2 Å². The number of allylic oxidation sites excluding steroid dienone is 1. The molecule has 0 saturated heterocycles. The molecular weight excluding hydrogens is 301 g/mol. The van der Waals surface area contributed by atoms with Crippen molar-refractivity contribution in [1.82, 2.24) is 0 Å². The van der Waals surface area contributed by atoms with E-state index in [0.717, 1.165) is 5.56 Å². The van der Waals surface area contributed by atoms with Gasteiger partial charge in [0.1, 0.15) is 6.07 Å². The Kier molecular flexibility index (Phi) is 4.50. The predicted molar refractivity (Wildman–Crippen MR) is 81.2 cm³/mol. The number of hydrogen-bond donors (Lipinski definition) is 0. The molecular formula is C15H8Cl3N. The smallest absolute Gasteiger partial charge is 0.101 e. The third-order valence-electron chi connectivity index (χ3n) is 2.58. The lowest BCUT2D eigenvalue weighted by Crippen LogP contribution is -1.87. The van der Waals surface area contributed by atoms with Crippen LogP contribution in [-0.4, -0.2) is 0 Å². The molecule has 19 heavy (non-hydrogen) atoms. The largest absolute Gasteiger partial charge is 0.192 e. The summed E-state index contributed by atoms with van der Waals surface area (Å²) in [7, 11) is 0. The molecule has 0 aromatic heterocycles. The van der Waals surface area contributed by atoms with Gasteiger partial charge in [-0.1, -0.05) is 77.3 Å². The van der Waals surface area contributed by atoms with Crippen LogP contribution in [0, 0.1) is 11.3 Å². The number of rotatable bonds is 2. The maximum Gasteiger partial charge on any atom is 0.101 e. The first-order chi connectivity index (χ1) is 9.15. The van der Waals surface area contributed by atoms with Crippen LogP contribution in [0.3, 0.4) is 0 Å². The van der Waals surface area contributed by atoms with E-state index in [-0.39, 0.29) is 0 Å². The highest BCUT2D eigenvalue weighted by atomic mass is 35.5. The molecule has 94 valence electrons. The summed E-state index contributed by atoms with van der Waals surface area (Å²) >= 11 is 18.4. The van der Waals surface area contributed by atoms with E-state index < -0.39 is 0 Å². The molecule has 0 radical (unpaired) electrons. The van der Waals surface area contributed by atoms with Crippen LogP contribution >= 0.6 is 34.8 Å². The third kappa shape index (κ3) is 2.93. The van der Waals surface area contributed by atoms with Gasteiger partial charge >= 0.3 is 0 Å². The summed E-state index contributed by atoms with van der Waals surface area (Å²) in [5, 5.41) is 10.3. The van der Waals surface area contributed by atoms with E-state index in [4.69, 9.17) is 34.8 Å². The van der Waals surface area contributed by atoms with Crippen LogP contribution in [0.15, 0.2) is 48.5 Å². The van der Waals surface area contributed by atoms with E-state index in [1.165, 1.54) is 0 Å². The lowest BCUT2D eigenvalue weighted by atomic mass is 10.0. The van der Waals surface area contributed by atoms with Gasteiger partial charge in [0.25, 0.3) is 0 Å². The van der Waals surface area contributed by atoms with E-state index >= 15 is 0 Å². The van der Waals surface area contributed by atoms with Crippen molar-refractivity contribution in [3.05, 3.63) is 69.7 Å². The minimum absolute atomic E-state index is 0.293. The van der Waals surface area contributed by atoms with Gasteiger partial charge in [-0.2, -0.15) is 5.26 Å². The monoisotopic (exact) mass is 307 g/mol. The van der Waals surface area contributed by atoms with Crippen molar-refractivity contribution in [3.63, 3.8) is 0 Å². The quantitative estimate of drug-likeness (QED) is 0.521. The molecule has 0 amide bonds. The fraction of sp³-hybridized carbons (Fsp3) is 0. The van der Waals surface area contributed by atoms with Crippen molar-refractivity contribution >= 4 is 45.4 Å². The molecule has 0 fully saturated rings. The topological polar surface area (TPSA) is 23.8 Å². The van der Waals surface area contributed by atoms with Gasteiger partial charge < -0.3 is 0 Å². The summed E-state index contributed by atoms with van der Waals surface area (Å²) in [4.78, 5) is 0. The number of nitrogens with zero attached hydrogens (tertiary/aromatic N) is 1. The van der Waals surface area contributed by atoms with Gasteiger partial charge in [-0.15, -0.1) is 0 Å². The van der Waals surface area contributed by atoms with Gasteiger partial charge in [0.15, 0.2) is 0 Å². The van der Waals surface area contributed by atoms with Gasteiger partial charge in [-0.05, 0) is 11.6 Å². The van der Waals surface area contributed by atoms with Crippen LogP contribution in [0.4, 0.5) is 0 Å². The van der Waals surface area contributed by atoms with Crippen LogP contribution in [0.25, 0.3) is 10.6 Å². The molecule has 0 atom stereocenters. The Balaban J connectivity index is 2.63. The van der Waals surface area contributed by atoms with Gasteiger partial charge in [-0.25, -0.2) is 0 Å². The maximum atomic E-state index is 9.30. The predicted octanol–water partition coefficient (Wildman–Crippen LogP) is 5.62. The minimum Gasteiger partial charge on any atom is -0.192 e. The Morgan fingerprint density at radius 2 is 1.63 bits per heavy atom. The fourth-order valence-corrected chi connectivity index (χ4v) is 2.41. The SMILES string of the molecule is N#CC(=C(Cl)c1cccc(Cl)c1Cl)c1ccccc1. The van der Waals surface area contributed by atoms with Gasteiger partial charge in [0.05, 0.1) is 20.7 Å². The van der Waals surface area contributed by atoms with E-state index in [0.29, 0.717) is 26.2 Å². The zero-order valence-electron chi connectivity index (χ0n) is 9.70. The second-order valence-corrected chi connectivity index (χ2v) is 4.93. The molecule has 2 aromatic rings.